The van der Waals surface area contributed by atoms with E-state index in [1.165, 1.54) is 10.1 Å². The predicted octanol–water partition coefficient (Wildman–Crippen LogP) is 3.88. The number of fused-ring (bicyclic) bond motifs is 1. The molecule has 2 heterocycles. The van der Waals surface area contributed by atoms with Gasteiger partial charge in [0.15, 0.2) is 0 Å². The Morgan fingerprint density at radius 1 is 1.24 bits per heavy atom. The lowest BCUT2D eigenvalue weighted by atomic mass is 10.2. The monoisotopic (exact) mass is 301 g/mol. The van der Waals surface area contributed by atoms with Gasteiger partial charge in [-0.3, -0.25) is 0 Å². The molecule has 1 aromatic carbocycles. The van der Waals surface area contributed by atoms with Crippen molar-refractivity contribution in [3.05, 3.63) is 36.2 Å². The van der Waals surface area contributed by atoms with Gasteiger partial charge < -0.3 is 9.73 Å². The first-order chi connectivity index (χ1) is 10.2. The summed E-state index contributed by atoms with van der Waals surface area (Å²) < 4.78 is 7.01. The van der Waals surface area contributed by atoms with Crippen LogP contribution in [-0.4, -0.2) is 22.8 Å². The molecular formula is C16H19N3OS. The fourth-order valence-corrected chi connectivity index (χ4v) is 3.16. The lowest BCUT2D eigenvalue weighted by molar-refractivity contribution is 0.484. The first-order valence-corrected chi connectivity index (χ1v) is 8.09. The van der Waals surface area contributed by atoms with Gasteiger partial charge in [-0.05, 0) is 30.5 Å². The van der Waals surface area contributed by atoms with Gasteiger partial charge >= 0.3 is 0 Å². The van der Waals surface area contributed by atoms with Gasteiger partial charge in [-0.2, -0.15) is 0 Å². The number of nitrogens with one attached hydrogen (secondary N) is 1. The highest BCUT2D eigenvalue weighted by Gasteiger charge is 2.11. The molecule has 4 nitrogen and oxygen atoms in total. The van der Waals surface area contributed by atoms with Gasteiger partial charge in [0.2, 0.25) is 5.89 Å². The van der Waals surface area contributed by atoms with Crippen LogP contribution in [0, 0.1) is 0 Å². The minimum Gasteiger partial charge on any atom is -0.420 e. The lowest BCUT2D eigenvalue weighted by Gasteiger charge is -2.05. The second kappa shape index (κ2) is 6.37. The molecule has 0 aliphatic heterocycles. The van der Waals surface area contributed by atoms with Crippen LogP contribution in [0.4, 0.5) is 0 Å². The van der Waals surface area contributed by atoms with Crippen LogP contribution < -0.4 is 5.32 Å². The molecule has 1 N–H and O–H groups in total. The zero-order valence-electron chi connectivity index (χ0n) is 12.3. The molecule has 2 aromatic heterocycles. The minimum atomic E-state index is 0.516. The van der Waals surface area contributed by atoms with Gasteiger partial charge in [0.1, 0.15) is 0 Å². The van der Waals surface area contributed by atoms with Gasteiger partial charge in [-0.1, -0.05) is 32.0 Å². The summed E-state index contributed by atoms with van der Waals surface area (Å²) in [4.78, 5) is 1.04. The van der Waals surface area contributed by atoms with E-state index in [1.807, 2.05) is 12.1 Å². The van der Waals surface area contributed by atoms with E-state index in [9.17, 15) is 0 Å². The zero-order valence-corrected chi connectivity index (χ0v) is 13.1. The Morgan fingerprint density at radius 2 is 2.10 bits per heavy atom. The highest BCUT2D eigenvalue weighted by atomic mass is 32.1. The molecule has 3 aromatic rings. The third-order valence-electron chi connectivity index (χ3n) is 3.22. The number of rotatable bonds is 6. The van der Waals surface area contributed by atoms with Crippen molar-refractivity contribution >= 4 is 21.4 Å². The van der Waals surface area contributed by atoms with Crippen molar-refractivity contribution in [3.63, 3.8) is 0 Å². The Morgan fingerprint density at radius 3 is 2.90 bits per heavy atom. The SMILES string of the molecule is CC(C)NCCCc1nnc(-c2cc3ccccc3s2)o1. The number of hydrogen-bond acceptors (Lipinski definition) is 5. The van der Waals surface area contributed by atoms with Crippen LogP contribution in [-0.2, 0) is 6.42 Å². The van der Waals surface area contributed by atoms with Crippen LogP contribution in [0.25, 0.3) is 20.9 Å². The van der Waals surface area contributed by atoms with Crippen LogP contribution in [0.15, 0.2) is 34.7 Å². The smallest absolute Gasteiger partial charge is 0.257 e. The molecule has 0 aliphatic carbocycles. The Bertz CT molecular complexity index is 684. The maximum atomic E-state index is 5.77. The number of nitrogens with zero attached hydrogens (tertiary/aromatic N) is 2. The molecule has 0 atom stereocenters. The second-order valence-electron chi connectivity index (χ2n) is 5.36. The standard InChI is InChI=1S/C16H19N3OS/c1-11(2)17-9-5-8-15-18-19-16(20-15)14-10-12-6-3-4-7-13(12)21-14/h3-4,6-7,10-11,17H,5,8-9H2,1-2H3. The molecule has 0 saturated heterocycles. The van der Waals surface area contributed by atoms with Crippen molar-refractivity contribution in [2.75, 3.05) is 6.54 Å². The number of aryl methyl sites for hydroxylation is 1. The molecule has 0 bridgehead atoms. The van der Waals surface area contributed by atoms with Gasteiger partial charge in [-0.15, -0.1) is 21.5 Å². The minimum absolute atomic E-state index is 0.516. The van der Waals surface area contributed by atoms with Crippen LogP contribution in [0.2, 0.25) is 0 Å². The molecule has 0 saturated carbocycles. The molecular weight excluding hydrogens is 282 g/mol. The fraction of sp³-hybridized carbons (Fsp3) is 0.375. The summed E-state index contributed by atoms with van der Waals surface area (Å²) >= 11 is 1.69. The first kappa shape index (κ1) is 14.2. The summed E-state index contributed by atoms with van der Waals surface area (Å²) in [5.74, 6) is 1.34. The number of thiophene rings is 1. The summed E-state index contributed by atoms with van der Waals surface area (Å²) in [6.07, 6.45) is 1.82. The molecule has 0 radical (unpaired) electrons. The third kappa shape index (κ3) is 3.49. The first-order valence-electron chi connectivity index (χ1n) is 7.27. The summed E-state index contributed by atoms with van der Waals surface area (Å²) in [6.45, 7) is 5.26. The van der Waals surface area contributed by atoms with E-state index < -0.39 is 0 Å². The molecule has 0 fully saturated rings. The summed E-state index contributed by atoms with van der Waals surface area (Å²) in [6, 6.07) is 10.9. The van der Waals surface area contributed by atoms with Crippen LogP contribution in [0.3, 0.4) is 0 Å². The van der Waals surface area contributed by atoms with E-state index in [-0.39, 0.29) is 0 Å². The van der Waals surface area contributed by atoms with Gasteiger partial charge in [0.05, 0.1) is 4.88 Å². The fourth-order valence-electron chi connectivity index (χ4n) is 2.17. The maximum Gasteiger partial charge on any atom is 0.257 e. The number of benzene rings is 1. The number of hydrogen-bond donors (Lipinski definition) is 1. The van der Waals surface area contributed by atoms with Crippen molar-refractivity contribution in [2.24, 2.45) is 0 Å². The molecule has 0 unspecified atom stereocenters. The zero-order chi connectivity index (χ0) is 14.7. The van der Waals surface area contributed by atoms with Gasteiger partial charge in [0.25, 0.3) is 5.89 Å². The average molecular weight is 301 g/mol. The van der Waals surface area contributed by atoms with Crippen LogP contribution in [0.1, 0.15) is 26.2 Å². The van der Waals surface area contributed by atoms with E-state index in [2.05, 4.69) is 47.6 Å². The highest BCUT2D eigenvalue weighted by molar-refractivity contribution is 7.22. The Kier molecular flexibility index (Phi) is 4.31. The average Bonchev–Trinajstić information content (AvgIpc) is 3.09. The van der Waals surface area contributed by atoms with Crippen molar-refractivity contribution in [2.45, 2.75) is 32.7 Å². The van der Waals surface area contributed by atoms with E-state index in [4.69, 9.17) is 4.42 Å². The molecule has 21 heavy (non-hydrogen) atoms. The highest BCUT2D eigenvalue weighted by Crippen LogP contribution is 2.32. The van der Waals surface area contributed by atoms with Crippen molar-refractivity contribution in [3.8, 4) is 10.8 Å². The van der Waals surface area contributed by atoms with Crippen molar-refractivity contribution in [1.82, 2.24) is 15.5 Å². The van der Waals surface area contributed by atoms with E-state index in [0.29, 0.717) is 17.8 Å². The summed E-state index contributed by atoms with van der Waals surface area (Å²) in [5.41, 5.74) is 0. The number of aromatic nitrogens is 2. The molecule has 0 spiro atoms. The van der Waals surface area contributed by atoms with Crippen molar-refractivity contribution in [1.29, 1.82) is 0 Å². The second-order valence-corrected chi connectivity index (χ2v) is 6.45. The quantitative estimate of drug-likeness (QED) is 0.702. The van der Waals surface area contributed by atoms with Crippen molar-refractivity contribution < 1.29 is 4.42 Å². The molecule has 5 heteroatoms. The Labute approximate surface area is 128 Å². The molecule has 110 valence electrons. The van der Waals surface area contributed by atoms with E-state index in [0.717, 1.165) is 24.3 Å². The van der Waals surface area contributed by atoms with E-state index in [1.54, 1.807) is 11.3 Å². The molecule has 0 amide bonds. The van der Waals surface area contributed by atoms with Gasteiger partial charge in [0, 0.05) is 17.2 Å². The van der Waals surface area contributed by atoms with E-state index >= 15 is 0 Å². The predicted molar refractivity (Wildman–Crippen MR) is 86.6 cm³/mol. The van der Waals surface area contributed by atoms with Crippen LogP contribution in [0.5, 0.6) is 0 Å². The van der Waals surface area contributed by atoms with Crippen LogP contribution >= 0.6 is 11.3 Å². The van der Waals surface area contributed by atoms with Gasteiger partial charge in [-0.25, -0.2) is 0 Å². The lowest BCUT2D eigenvalue weighted by Crippen LogP contribution is -2.23. The Balaban J connectivity index is 1.66. The topological polar surface area (TPSA) is 51.0 Å². The Hall–Kier alpha value is -1.72. The molecule has 0 aliphatic rings. The maximum absolute atomic E-state index is 5.77. The third-order valence-corrected chi connectivity index (χ3v) is 4.33. The normalized spacial score (nSPS) is 11.6. The summed E-state index contributed by atoms with van der Waals surface area (Å²) in [5, 5.41) is 12.9. The summed E-state index contributed by atoms with van der Waals surface area (Å²) in [7, 11) is 0. The largest absolute Gasteiger partial charge is 0.420 e. The molecule has 3 rings (SSSR count).